The predicted molar refractivity (Wildman–Crippen MR) is 75.3 cm³/mol. The number of carbonyl (C=O) groups excluding carboxylic acids is 1. The normalized spacial score (nSPS) is 43.7. The van der Waals surface area contributed by atoms with Crippen LogP contribution in [-0.2, 0) is 4.74 Å². The summed E-state index contributed by atoms with van der Waals surface area (Å²) in [7, 11) is 0. The molecule has 20 heavy (non-hydrogen) atoms. The summed E-state index contributed by atoms with van der Waals surface area (Å²) < 4.78 is 5.16. The highest BCUT2D eigenvalue weighted by Gasteiger charge is 2.59. The number of nitrogens with zero attached hydrogens (tertiary/aromatic N) is 1. The van der Waals surface area contributed by atoms with E-state index in [0.717, 1.165) is 19.3 Å². The molecule has 5 unspecified atom stereocenters. The van der Waals surface area contributed by atoms with E-state index in [1.807, 2.05) is 6.92 Å². The molecule has 0 aromatic rings. The largest absolute Gasteiger partial charge is 0.450 e. The number of piperidine rings is 2. The molecule has 3 rings (SSSR count). The Labute approximate surface area is 120 Å². The van der Waals surface area contributed by atoms with Gasteiger partial charge in [-0.3, -0.25) is 4.90 Å². The van der Waals surface area contributed by atoms with Gasteiger partial charge in [0.25, 0.3) is 0 Å². The second-order valence-electron chi connectivity index (χ2n) is 6.57. The van der Waals surface area contributed by atoms with E-state index in [-0.39, 0.29) is 24.2 Å². The number of ether oxygens (including phenoxy) is 1. The van der Waals surface area contributed by atoms with Crippen molar-refractivity contribution in [3.8, 4) is 0 Å². The quantitative estimate of drug-likeness (QED) is 0.820. The van der Waals surface area contributed by atoms with E-state index in [2.05, 4.69) is 19.2 Å². The summed E-state index contributed by atoms with van der Waals surface area (Å²) in [6, 6.07) is 0.532. The van der Waals surface area contributed by atoms with Crippen LogP contribution < -0.4 is 5.32 Å². The second kappa shape index (κ2) is 5.19. The van der Waals surface area contributed by atoms with E-state index in [9.17, 15) is 9.90 Å². The predicted octanol–water partition coefficient (Wildman–Crippen LogP) is 1.35. The van der Waals surface area contributed by atoms with Crippen LogP contribution in [0.2, 0.25) is 0 Å². The lowest BCUT2D eigenvalue weighted by Gasteiger charge is -2.47. The molecule has 0 spiro atoms. The highest BCUT2D eigenvalue weighted by atomic mass is 16.6. The Kier molecular flexibility index (Phi) is 3.67. The highest BCUT2D eigenvalue weighted by Crippen LogP contribution is 2.46. The molecule has 0 radical (unpaired) electrons. The molecule has 7 atom stereocenters. The summed E-state index contributed by atoms with van der Waals surface area (Å²) in [6.07, 6.45) is 2.33. The van der Waals surface area contributed by atoms with Gasteiger partial charge in [0.1, 0.15) is 0 Å². The molecular formula is C15H26N2O3. The van der Waals surface area contributed by atoms with Gasteiger partial charge in [-0.15, -0.1) is 0 Å². The number of aliphatic hydroxyl groups excluding tert-OH is 1. The van der Waals surface area contributed by atoms with E-state index < -0.39 is 6.10 Å². The van der Waals surface area contributed by atoms with Crippen LogP contribution in [-0.4, -0.2) is 53.0 Å². The fourth-order valence-corrected chi connectivity index (χ4v) is 4.49. The zero-order chi connectivity index (χ0) is 14.4. The number of hydrogen-bond donors (Lipinski definition) is 2. The maximum Gasteiger partial charge on any atom is 0.410 e. The Bertz CT molecular complexity index is 387. The van der Waals surface area contributed by atoms with Gasteiger partial charge < -0.3 is 15.2 Å². The van der Waals surface area contributed by atoms with Gasteiger partial charge in [-0.25, -0.2) is 4.79 Å². The number of nitrogens with one attached hydrogen (secondary N) is 1. The van der Waals surface area contributed by atoms with Gasteiger partial charge in [0, 0.05) is 6.04 Å². The molecule has 3 aliphatic heterocycles. The molecule has 3 bridgehead atoms. The number of aliphatic hydroxyl groups is 1. The third kappa shape index (κ3) is 1.94. The van der Waals surface area contributed by atoms with Crippen LogP contribution in [0.1, 0.15) is 40.0 Å². The van der Waals surface area contributed by atoms with Crippen molar-refractivity contribution >= 4 is 6.09 Å². The first-order valence-corrected chi connectivity index (χ1v) is 7.97. The van der Waals surface area contributed by atoms with E-state index in [1.165, 1.54) is 0 Å². The maximum absolute atomic E-state index is 12.1. The van der Waals surface area contributed by atoms with Crippen molar-refractivity contribution in [2.75, 3.05) is 6.61 Å². The van der Waals surface area contributed by atoms with Crippen LogP contribution in [0, 0.1) is 11.8 Å². The Morgan fingerprint density at radius 2 is 2.10 bits per heavy atom. The van der Waals surface area contributed by atoms with Crippen LogP contribution in [0.25, 0.3) is 0 Å². The molecule has 0 aromatic carbocycles. The Hall–Kier alpha value is -0.810. The molecule has 2 N–H and O–H groups in total. The Morgan fingerprint density at radius 3 is 2.75 bits per heavy atom. The molecule has 1 amide bonds. The Morgan fingerprint density at radius 1 is 1.40 bits per heavy atom. The maximum atomic E-state index is 12.1. The van der Waals surface area contributed by atoms with E-state index in [4.69, 9.17) is 4.74 Å². The summed E-state index contributed by atoms with van der Waals surface area (Å²) in [5.41, 5.74) is 0. The monoisotopic (exact) mass is 282 g/mol. The standard InChI is InChI=1S/C15H26N2O3/c1-4-8(3)12-9-6-10-13(16-12)14(18)11(7-9)17(10)15(19)20-5-2/h8-14,16,18H,4-7H2,1-3H3/t8-,9?,10?,11?,12?,13?,14-/m0/s1. The van der Waals surface area contributed by atoms with Crippen LogP contribution in [0.5, 0.6) is 0 Å². The summed E-state index contributed by atoms with van der Waals surface area (Å²) in [6.45, 7) is 6.71. The van der Waals surface area contributed by atoms with Gasteiger partial charge in [0.2, 0.25) is 0 Å². The number of fused-ring (bicyclic) bond motifs is 2. The molecule has 3 aliphatic rings. The van der Waals surface area contributed by atoms with Crippen molar-refractivity contribution in [1.29, 1.82) is 0 Å². The minimum atomic E-state index is -0.455. The average Bonchev–Trinajstić information content (AvgIpc) is 2.55. The van der Waals surface area contributed by atoms with E-state index in [0.29, 0.717) is 24.5 Å². The van der Waals surface area contributed by atoms with Gasteiger partial charge in [-0.2, -0.15) is 0 Å². The lowest BCUT2D eigenvalue weighted by Crippen LogP contribution is -2.61. The van der Waals surface area contributed by atoms with Crippen molar-refractivity contribution in [2.45, 2.75) is 70.3 Å². The van der Waals surface area contributed by atoms with Gasteiger partial charge >= 0.3 is 6.09 Å². The molecule has 114 valence electrons. The molecule has 5 nitrogen and oxygen atoms in total. The summed E-state index contributed by atoms with van der Waals surface area (Å²) in [4.78, 5) is 13.9. The summed E-state index contributed by atoms with van der Waals surface area (Å²) in [5.74, 6) is 1.18. The van der Waals surface area contributed by atoms with Gasteiger partial charge in [0.05, 0.1) is 30.8 Å². The minimum absolute atomic E-state index is 0.0159. The zero-order valence-electron chi connectivity index (χ0n) is 12.6. The van der Waals surface area contributed by atoms with Crippen molar-refractivity contribution < 1.29 is 14.6 Å². The molecule has 3 heterocycles. The summed E-state index contributed by atoms with van der Waals surface area (Å²) >= 11 is 0. The average molecular weight is 282 g/mol. The first-order chi connectivity index (χ1) is 9.58. The number of amides is 1. The number of hydrogen-bond acceptors (Lipinski definition) is 4. The molecular weight excluding hydrogens is 256 g/mol. The van der Waals surface area contributed by atoms with Crippen molar-refractivity contribution in [3.63, 3.8) is 0 Å². The SMILES string of the molecule is CCOC(=O)N1C2CC3CC1[C@H](O)C2NC3[C@@H](C)CC. The molecule has 3 fully saturated rings. The fraction of sp³-hybridized carbons (Fsp3) is 0.933. The van der Waals surface area contributed by atoms with Crippen LogP contribution in [0.15, 0.2) is 0 Å². The van der Waals surface area contributed by atoms with Crippen molar-refractivity contribution in [1.82, 2.24) is 10.2 Å². The molecule has 5 heteroatoms. The number of rotatable bonds is 3. The molecule has 0 aliphatic carbocycles. The molecule has 3 saturated heterocycles. The minimum Gasteiger partial charge on any atom is -0.450 e. The lowest BCUT2D eigenvalue weighted by atomic mass is 9.76. The molecule has 0 saturated carbocycles. The third-order valence-corrected chi connectivity index (χ3v) is 5.61. The first kappa shape index (κ1) is 14.1. The highest BCUT2D eigenvalue weighted by molar-refractivity contribution is 5.70. The number of carbonyl (C=O) groups is 1. The summed E-state index contributed by atoms with van der Waals surface area (Å²) in [5, 5.41) is 14.2. The van der Waals surface area contributed by atoms with E-state index >= 15 is 0 Å². The lowest BCUT2D eigenvalue weighted by molar-refractivity contribution is 0.0247. The van der Waals surface area contributed by atoms with Crippen LogP contribution in [0.3, 0.4) is 0 Å². The van der Waals surface area contributed by atoms with E-state index in [1.54, 1.807) is 4.90 Å². The van der Waals surface area contributed by atoms with Crippen LogP contribution in [0.4, 0.5) is 4.79 Å². The van der Waals surface area contributed by atoms with Crippen molar-refractivity contribution in [3.05, 3.63) is 0 Å². The fourth-order valence-electron chi connectivity index (χ4n) is 4.49. The van der Waals surface area contributed by atoms with Crippen molar-refractivity contribution in [2.24, 2.45) is 11.8 Å². The smallest absolute Gasteiger partial charge is 0.410 e. The van der Waals surface area contributed by atoms with Gasteiger partial charge in [-0.1, -0.05) is 20.3 Å². The van der Waals surface area contributed by atoms with Gasteiger partial charge in [-0.05, 0) is 31.6 Å². The first-order valence-electron chi connectivity index (χ1n) is 7.97. The van der Waals surface area contributed by atoms with Crippen LogP contribution >= 0.6 is 0 Å². The third-order valence-electron chi connectivity index (χ3n) is 5.61. The molecule has 0 aromatic heterocycles. The van der Waals surface area contributed by atoms with Gasteiger partial charge in [0.15, 0.2) is 0 Å². The Balaban J connectivity index is 1.80. The second-order valence-corrected chi connectivity index (χ2v) is 6.57. The zero-order valence-corrected chi connectivity index (χ0v) is 12.6. The topological polar surface area (TPSA) is 61.8 Å².